The van der Waals surface area contributed by atoms with Gasteiger partial charge in [0.05, 0.1) is 25.4 Å². The maximum Gasteiger partial charge on any atom is 0.410 e. The molecule has 5 nitrogen and oxygen atoms in total. The fourth-order valence-corrected chi connectivity index (χ4v) is 4.06. The summed E-state index contributed by atoms with van der Waals surface area (Å²) in [5.41, 5.74) is -0.529. The third kappa shape index (κ3) is 5.08. The van der Waals surface area contributed by atoms with Gasteiger partial charge in [0.25, 0.3) is 0 Å². The SMILES string of the molecule is CC1CC(C)CC(C(O)C2COCCN2C(=O)OC(C)(C)C)C1. The molecule has 0 bridgehead atoms. The van der Waals surface area contributed by atoms with E-state index in [0.29, 0.717) is 31.6 Å². The Morgan fingerprint density at radius 2 is 1.83 bits per heavy atom. The number of aliphatic hydroxyl groups is 1. The number of carbonyl (C=O) groups excluding carboxylic acids is 1. The van der Waals surface area contributed by atoms with Crippen LogP contribution in [0.4, 0.5) is 4.79 Å². The van der Waals surface area contributed by atoms with Crippen LogP contribution in [0.5, 0.6) is 0 Å². The zero-order valence-electron chi connectivity index (χ0n) is 15.2. The summed E-state index contributed by atoms with van der Waals surface area (Å²) in [6.07, 6.45) is 2.36. The molecule has 0 aromatic rings. The minimum atomic E-state index is -0.548. The number of hydrogen-bond donors (Lipinski definition) is 1. The molecule has 2 fully saturated rings. The number of carbonyl (C=O) groups is 1. The zero-order valence-corrected chi connectivity index (χ0v) is 15.2. The van der Waals surface area contributed by atoms with Gasteiger partial charge in [-0.3, -0.25) is 4.90 Å². The first kappa shape index (κ1) is 18.5. The monoisotopic (exact) mass is 327 g/mol. The van der Waals surface area contributed by atoms with E-state index in [-0.39, 0.29) is 18.1 Å². The van der Waals surface area contributed by atoms with E-state index in [1.807, 2.05) is 20.8 Å². The highest BCUT2D eigenvalue weighted by atomic mass is 16.6. The number of nitrogens with zero attached hydrogens (tertiary/aromatic N) is 1. The van der Waals surface area contributed by atoms with Gasteiger partial charge in [0, 0.05) is 6.54 Å². The Morgan fingerprint density at radius 3 is 2.39 bits per heavy atom. The highest BCUT2D eigenvalue weighted by Gasteiger charge is 2.40. The maximum absolute atomic E-state index is 12.5. The van der Waals surface area contributed by atoms with Crippen molar-refractivity contribution < 1.29 is 19.4 Å². The summed E-state index contributed by atoms with van der Waals surface area (Å²) < 4.78 is 11.1. The highest BCUT2D eigenvalue weighted by Crippen LogP contribution is 2.36. The smallest absolute Gasteiger partial charge is 0.410 e. The Morgan fingerprint density at radius 1 is 1.22 bits per heavy atom. The Bertz CT molecular complexity index is 396. The maximum atomic E-state index is 12.5. The van der Waals surface area contributed by atoms with Crippen molar-refractivity contribution in [3.8, 4) is 0 Å². The van der Waals surface area contributed by atoms with Gasteiger partial charge in [-0.1, -0.05) is 13.8 Å². The molecule has 1 N–H and O–H groups in total. The molecular formula is C18H33NO4. The number of aliphatic hydroxyl groups excluding tert-OH is 1. The summed E-state index contributed by atoms with van der Waals surface area (Å²) in [5, 5.41) is 10.9. The van der Waals surface area contributed by atoms with E-state index >= 15 is 0 Å². The first-order valence-corrected chi connectivity index (χ1v) is 8.93. The molecule has 0 aromatic carbocycles. The van der Waals surface area contributed by atoms with E-state index < -0.39 is 11.7 Å². The Hall–Kier alpha value is -0.810. The van der Waals surface area contributed by atoms with E-state index in [1.165, 1.54) is 6.42 Å². The Kier molecular flexibility index (Phi) is 5.95. The molecule has 5 heteroatoms. The molecule has 4 atom stereocenters. The molecule has 0 spiro atoms. The fraction of sp³-hybridized carbons (Fsp3) is 0.944. The fourth-order valence-electron chi connectivity index (χ4n) is 4.06. The van der Waals surface area contributed by atoms with Crippen LogP contribution >= 0.6 is 0 Å². The Labute approximate surface area is 140 Å². The predicted octanol–water partition coefficient (Wildman–Crippen LogP) is 3.06. The van der Waals surface area contributed by atoms with Crippen LogP contribution in [0.3, 0.4) is 0 Å². The van der Waals surface area contributed by atoms with Crippen molar-refractivity contribution in [2.24, 2.45) is 17.8 Å². The van der Waals surface area contributed by atoms with Gasteiger partial charge in [0.2, 0.25) is 0 Å². The normalized spacial score (nSPS) is 34.1. The third-order valence-corrected chi connectivity index (χ3v) is 4.89. The average Bonchev–Trinajstić information content (AvgIpc) is 2.43. The van der Waals surface area contributed by atoms with Crippen molar-refractivity contribution in [3.63, 3.8) is 0 Å². The molecule has 4 unspecified atom stereocenters. The molecule has 1 saturated heterocycles. The summed E-state index contributed by atoms with van der Waals surface area (Å²) in [6.45, 7) is 11.5. The van der Waals surface area contributed by atoms with Crippen LogP contribution < -0.4 is 0 Å². The van der Waals surface area contributed by atoms with Crippen LogP contribution in [0.25, 0.3) is 0 Å². The second-order valence-electron chi connectivity index (χ2n) is 8.48. The minimum absolute atomic E-state index is 0.227. The van der Waals surface area contributed by atoms with Gasteiger partial charge < -0.3 is 14.6 Å². The van der Waals surface area contributed by atoms with E-state index in [0.717, 1.165) is 12.8 Å². The molecule has 2 rings (SSSR count). The lowest BCUT2D eigenvalue weighted by molar-refractivity contribution is -0.0870. The van der Waals surface area contributed by atoms with Crippen molar-refractivity contribution >= 4 is 6.09 Å². The molecule has 2 aliphatic rings. The molecule has 0 radical (unpaired) electrons. The number of morpholine rings is 1. The van der Waals surface area contributed by atoms with Gasteiger partial charge in [0.1, 0.15) is 5.60 Å². The number of hydrogen-bond acceptors (Lipinski definition) is 4. The summed E-state index contributed by atoms with van der Waals surface area (Å²) in [6, 6.07) is -0.305. The Balaban J connectivity index is 2.06. The third-order valence-electron chi connectivity index (χ3n) is 4.89. The van der Waals surface area contributed by atoms with Gasteiger partial charge in [-0.15, -0.1) is 0 Å². The van der Waals surface area contributed by atoms with Gasteiger partial charge in [0.15, 0.2) is 0 Å². The van der Waals surface area contributed by atoms with Crippen LogP contribution in [0.1, 0.15) is 53.9 Å². The van der Waals surface area contributed by atoms with Crippen molar-refractivity contribution in [2.45, 2.75) is 71.6 Å². The summed E-state index contributed by atoms with van der Waals surface area (Å²) in [7, 11) is 0. The van der Waals surface area contributed by atoms with E-state index in [9.17, 15) is 9.90 Å². The molecule has 134 valence electrons. The predicted molar refractivity (Wildman–Crippen MR) is 89.2 cm³/mol. The second-order valence-corrected chi connectivity index (χ2v) is 8.48. The van der Waals surface area contributed by atoms with Crippen molar-refractivity contribution in [1.82, 2.24) is 4.90 Å². The quantitative estimate of drug-likeness (QED) is 0.847. The molecule has 1 aliphatic heterocycles. The molecule has 0 aromatic heterocycles. The minimum Gasteiger partial charge on any atom is -0.444 e. The standard InChI is InChI=1S/C18H33NO4/c1-12-8-13(2)10-14(9-12)16(20)15-11-22-7-6-19(15)17(21)23-18(3,4)5/h12-16,20H,6-11H2,1-5H3. The van der Waals surface area contributed by atoms with Crippen LogP contribution in [-0.4, -0.2) is 53.6 Å². The molecule has 23 heavy (non-hydrogen) atoms. The molecule has 1 saturated carbocycles. The second kappa shape index (κ2) is 7.39. The lowest BCUT2D eigenvalue weighted by Crippen LogP contribution is -2.57. The highest BCUT2D eigenvalue weighted by molar-refractivity contribution is 5.68. The largest absolute Gasteiger partial charge is 0.444 e. The summed E-state index contributed by atoms with van der Waals surface area (Å²) >= 11 is 0. The van der Waals surface area contributed by atoms with Gasteiger partial charge >= 0.3 is 6.09 Å². The molecule has 1 aliphatic carbocycles. The van der Waals surface area contributed by atoms with E-state index in [1.54, 1.807) is 4.90 Å². The zero-order chi connectivity index (χ0) is 17.2. The van der Waals surface area contributed by atoms with Crippen molar-refractivity contribution in [1.29, 1.82) is 0 Å². The summed E-state index contributed by atoms with van der Waals surface area (Å²) in [5.74, 6) is 1.47. The van der Waals surface area contributed by atoms with Crippen molar-refractivity contribution in [2.75, 3.05) is 19.8 Å². The summed E-state index contributed by atoms with van der Waals surface area (Å²) in [4.78, 5) is 14.1. The average molecular weight is 327 g/mol. The lowest BCUT2D eigenvalue weighted by atomic mass is 9.73. The van der Waals surface area contributed by atoms with Gasteiger partial charge in [-0.05, 0) is 57.8 Å². The lowest BCUT2D eigenvalue weighted by Gasteiger charge is -2.43. The molecule has 1 heterocycles. The first-order chi connectivity index (χ1) is 10.7. The van der Waals surface area contributed by atoms with Crippen molar-refractivity contribution in [3.05, 3.63) is 0 Å². The van der Waals surface area contributed by atoms with Crippen LogP contribution in [-0.2, 0) is 9.47 Å². The van der Waals surface area contributed by atoms with Crippen LogP contribution in [0, 0.1) is 17.8 Å². The first-order valence-electron chi connectivity index (χ1n) is 8.93. The van der Waals surface area contributed by atoms with E-state index in [4.69, 9.17) is 9.47 Å². The molecular weight excluding hydrogens is 294 g/mol. The number of ether oxygens (including phenoxy) is 2. The van der Waals surface area contributed by atoms with E-state index in [2.05, 4.69) is 13.8 Å². The molecule has 1 amide bonds. The number of amides is 1. The topological polar surface area (TPSA) is 59.0 Å². The van der Waals surface area contributed by atoms with Gasteiger partial charge in [-0.25, -0.2) is 4.79 Å². The van der Waals surface area contributed by atoms with Crippen LogP contribution in [0.2, 0.25) is 0 Å². The number of rotatable bonds is 2. The van der Waals surface area contributed by atoms with Gasteiger partial charge in [-0.2, -0.15) is 0 Å². The van der Waals surface area contributed by atoms with Crippen LogP contribution in [0.15, 0.2) is 0 Å².